The second-order valence-corrected chi connectivity index (χ2v) is 3.70. The molecule has 0 bridgehead atoms. The van der Waals surface area contributed by atoms with Crippen molar-refractivity contribution in [3.8, 4) is 0 Å². The van der Waals surface area contributed by atoms with Crippen molar-refractivity contribution in [2.24, 2.45) is 0 Å². The van der Waals surface area contributed by atoms with Gasteiger partial charge in [0.2, 0.25) is 0 Å². The lowest BCUT2D eigenvalue weighted by Crippen LogP contribution is -2.21. The average molecular weight is 268 g/mol. The largest absolute Gasteiger partial charge is 0.423 e. The molecule has 98 valence electrons. The van der Waals surface area contributed by atoms with Crippen molar-refractivity contribution in [3.05, 3.63) is 33.4 Å². The van der Waals surface area contributed by atoms with Gasteiger partial charge in [-0.25, -0.2) is 0 Å². The number of fused-ring (bicyclic) bond motifs is 1. The standard InChI is InChI=1S/C9H5F5N2O2/c10-8(11)3-15-4-1-2-5(16(17)18)7(6(4)8)9(12,13)14/h1-2,15H,3H2. The molecule has 0 saturated carbocycles. The molecular weight excluding hydrogens is 263 g/mol. The van der Waals surface area contributed by atoms with Crippen LogP contribution in [0.1, 0.15) is 11.1 Å². The molecule has 0 radical (unpaired) electrons. The molecule has 0 aromatic heterocycles. The van der Waals surface area contributed by atoms with Crippen LogP contribution in [0.25, 0.3) is 0 Å². The maximum absolute atomic E-state index is 13.4. The number of hydrogen-bond acceptors (Lipinski definition) is 3. The van der Waals surface area contributed by atoms with E-state index in [1.165, 1.54) is 0 Å². The van der Waals surface area contributed by atoms with Gasteiger partial charge in [-0.3, -0.25) is 10.1 Å². The summed E-state index contributed by atoms with van der Waals surface area (Å²) in [7, 11) is 0. The molecule has 0 atom stereocenters. The maximum atomic E-state index is 13.4. The zero-order valence-electron chi connectivity index (χ0n) is 8.52. The fourth-order valence-corrected chi connectivity index (χ4v) is 1.85. The van der Waals surface area contributed by atoms with Crippen molar-refractivity contribution in [2.75, 3.05) is 11.9 Å². The van der Waals surface area contributed by atoms with E-state index in [-0.39, 0.29) is 0 Å². The van der Waals surface area contributed by atoms with E-state index in [4.69, 9.17) is 0 Å². The molecule has 1 aromatic carbocycles. The minimum Gasteiger partial charge on any atom is -0.378 e. The second-order valence-electron chi connectivity index (χ2n) is 3.70. The van der Waals surface area contributed by atoms with Crippen molar-refractivity contribution < 1.29 is 26.9 Å². The van der Waals surface area contributed by atoms with Gasteiger partial charge in [-0.15, -0.1) is 0 Å². The molecule has 1 aliphatic rings. The second kappa shape index (κ2) is 3.53. The van der Waals surface area contributed by atoms with Gasteiger partial charge >= 0.3 is 6.18 Å². The zero-order valence-corrected chi connectivity index (χ0v) is 8.52. The third-order valence-corrected chi connectivity index (χ3v) is 2.53. The molecule has 1 heterocycles. The molecule has 0 spiro atoms. The predicted molar refractivity (Wildman–Crippen MR) is 50.5 cm³/mol. The van der Waals surface area contributed by atoms with Gasteiger partial charge in [-0.05, 0) is 6.07 Å². The summed E-state index contributed by atoms with van der Waals surface area (Å²) in [4.78, 5) is 9.20. The zero-order chi connectivity index (χ0) is 13.7. The van der Waals surface area contributed by atoms with E-state index in [9.17, 15) is 32.1 Å². The summed E-state index contributed by atoms with van der Waals surface area (Å²) in [6.07, 6.45) is -5.22. The van der Waals surface area contributed by atoms with Crippen LogP contribution in [0.4, 0.5) is 33.3 Å². The fraction of sp³-hybridized carbons (Fsp3) is 0.333. The Morgan fingerprint density at radius 3 is 2.44 bits per heavy atom. The topological polar surface area (TPSA) is 55.2 Å². The number of nitrogens with one attached hydrogen (secondary N) is 1. The summed E-state index contributed by atoms with van der Waals surface area (Å²) >= 11 is 0. The Kier molecular flexibility index (Phi) is 2.46. The summed E-state index contributed by atoms with van der Waals surface area (Å²) in [5.41, 5.74) is -5.05. The van der Waals surface area contributed by atoms with E-state index >= 15 is 0 Å². The Labute approximate surface area is 96.6 Å². The molecule has 1 N–H and O–H groups in total. The SMILES string of the molecule is O=[N+]([O-])c1ccc2c(c1C(F)(F)F)C(F)(F)CN2. The molecule has 18 heavy (non-hydrogen) atoms. The van der Waals surface area contributed by atoms with Gasteiger partial charge in [0.05, 0.1) is 17.0 Å². The van der Waals surface area contributed by atoms with Crippen LogP contribution in [0, 0.1) is 10.1 Å². The molecule has 0 amide bonds. The molecule has 0 fully saturated rings. The highest BCUT2D eigenvalue weighted by Gasteiger charge is 2.51. The Morgan fingerprint density at radius 1 is 1.33 bits per heavy atom. The first-order valence-electron chi connectivity index (χ1n) is 4.65. The third kappa shape index (κ3) is 1.75. The van der Waals surface area contributed by atoms with Crippen LogP contribution < -0.4 is 5.32 Å². The molecule has 2 rings (SSSR count). The number of nitrogens with zero attached hydrogens (tertiary/aromatic N) is 1. The smallest absolute Gasteiger partial charge is 0.378 e. The molecule has 0 saturated heterocycles. The minimum absolute atomic E-state index is 0.432. The van der Waals surface area contributed by atoms with Crippen molar-refractivity contribution in [2.45, 2.75) is 12.1 Å². The predicted octanol–water partition coefficient (Wildman–Crippen LogP) is 3.13. The van der Waals surface area contributed by atoms with Crippen molar-refractivity contribution >= 4 is 11.4 Å². The van der Waals surface area contributed by atoms with Crippen LogP contribution in [0.15, 0.2) is 12.1 Å². The van der Waals surface area contributed by atoms with Gasteiger partial charge in [-0.2, -0.15) is 22.0 Å². The summed E-state index contributed by atoms with van der Waals surface area (Å²) in [5.74, 6) is -3.79. The highest BCUT2D eigenvalue weighted by Crippen LogP contribution is 2.49. The van der Waals surface area contributed by atoms with E-state index in [1.807, 2.05) is 0 Å². The number of alkyl halides is 5. The molecule has 4 nitrogen and oxygen atoms in total. The van der Waals surface area contributed by atoms with Crippen molar-refractivity contribution in [1.82, 2.24) is 0 Å². The molecule has 0 aliphatic carbocycles. The van der Waals surface area contributed by atoms with Crippen molar-refractivity contribution in [1.29, 1.82) is 0 Å². The highest BCUT2D eigenvalue weighted by atomic mass is 19.4. The number of anilines is 1. The summed E-state index contributed by atoms with van der Waals surface area (Å²) in [6, 6.07) is 1.42. The molecule has 0 unspecified atom stereocenters. The van der Waals surface area contributed by atoms with Gasteiger partial charge < -0.3 is 5.32 Å². The van der Waals surface area contributed by atoms with Crippen LogP contribution in [0.5, 0.6) is 0 Å². The molecular formula is C9H5F5N2O2. The lowest BCUT2D eigenvalue weighted by atomic mass is 10.00. The molecule has 1 aliphatic heterocycles. The van der Waals surface area contributed by atoms with Crippen LogP contribution in [0.2, 0.25) is 0 Å². The maximum Gasteiger partial charge on any atom is 0.423 e. The van der Waals surface area contributed by atoms with Crippen LogP contribution in [-0.4, -0.2) is 11.5 Å². The van der Waals surface area contributed by atoms with Gasteiger partial charge in [0.25, 0.3) is 11.6 Å². The first-order chi connectivity index (χ1) is 8.14. The Hall–Kier alpha value is -1.93. The van der Waals surface area contributed by atoms with Gasteiger partial charge in [0.15, 0.2) is 0 Å². The summed E-state index contributed by atoms with van der Waals surface area (Å²) in [5, 5.41) is 12.6. The lowest BCUT2D eigenvalue weighted by molar-refractivity contribution is -0.388. The van der Waals surface area contributed by atoms with E-state index in [2.05, 4.69) is 5.32 Å². The summed E-state index contributed by atoms with van der Waals surface area (Å²) in [6.45, 7) is -1.01. The van der Waals surface area contributed by atoms with Gasteiger partial charge in [0, 0.05) is 11.8 Å². The number of rotatable bonds is 1. The first kappa shape index (κ1) is 12.5. The normalized spacial score (nSPS) is 17.2. The van der Waals surface area contributed by atoms with E-state index < -0.39 is 46.1 Å². The number of benzene rings is 1. The van der Waals surface area contributed by atoms with Gasteiger partial charge in [-0.1, -0.05) is 0 Å². The van der Waals surface area contributed by atoms with E-state index in [1.54, 1.807) is 0 Å². The first-order valence-corrected chi connectivity index (χ1v) is 4.65. The Morgan fingerprint density at radius 2 is 1.94 bits per heavy atom. The van der Waals surface area contributed by atoms with Crippen LogP contribution in [0.3, 0.4) is 0 Å². The highest BCUT2D eigenvalue weighted by molar-refractivity contribution is 5.67. The molecule has 1 aromatic rings. The van der Waals surface area contributed by atoms with Crippen LogP contribution in [-0.2, 0) is 12.1 Å². The summed E-state index contributed by atoms with van der Waals surface area (Å²) < 4.78 is 65.0. The Bertz CT molecular complexity index is 526. The third-order valence-electron chi connectivity index (χ3n) is 2.53. The quantitative estimate of drug-likeness (QED) is 0.483. The van der Waals surface area contributed by atoms with Crippen molar-refractivity contribution in [3.63, 3.8) is 0 Å². The Balaban J connectivity index is 2.81. The monoisotopic (exact) mass is 268 g/mol. The van der Waals surface area contributed by atoms with E-state index in [0.29, 0.717) is 6.07 Å². The van der Waals surface area contributed by atoms with Crippen LogP contribution >= 0.6 is 0 Å². The number of hydrogen-bond donors (Lipinski definition) is 1. The van der Waals surface area contributed by atoms with Gasteiger partial charge in [0.1, 0.15) is 5.56 Å². The fourth-order valence-electron chi connectivity index (χ4n) is 1.85. The number of nitro benzene ring substituents is 1. The molecule has 9 heteroatoms. The number of nitro groups is 1. The lowest BCUT2D eigenvalue weighted by Gasteiger charge is -2.15. The van der Waals surface area contributed by atoms with E-state index in [0.717, 1.165) is 6.07 Å². The number of halogens is 5. The average Bonchev–Trinajstić information content (AvgIpc) is 2.52. The minimum atomic E-state index is -5.22.